The van der Waals surface area contributed by atoms with Crippen molar-refractivity contribution in [3.63, 3.8) is 0 Å². The van der Waals surface area contributed by atoms with Gasteiger partial charge in [-0.15, -0.1) is 11.3 Å². The first-order chi connectivity index (χ1) is 11.1. The Hall–Kier alpha value is -1.88. The van der Waals surface area contributed by atoms with Crippen molar-refractivity contribution in [1.29, 1.82) is 0 Å². The van der Waals surface area contributed by atoms with Gasteiger partial charge in [0.1, 0.15) is 0 Å². The Morgan fingerprint density at radius 2 is 1.65 bits per heavy atom. The summed E-state index contributed by atoms with van der Waals surface area (Å²) < 4.78 is 2.14. The summed E-state index contributed by atoms with van der Waals surface area (Å²) in [7, 11) is -1.46. The smallest absolute Gasteiger partial charge is 0.423 e. The second-order valence-electron chi connectivity index (χ2n) is 6.24. The fourth-order valence-corrected chi connectivity index (χ4v) is 4.65. The van der Waals surface area contributed by atoms with Crippen LogP contribution in [0.5, 0.6) is 0 Å². The Bertz CT molecular complexity index is 1030. The number of fused-ring (bicyclic) bond motifs is 5. The summed E-state index contributed by atoms with van der Waals surface area (Å²) in [5, 5.41) is 24.4. The Kier molecular flexibility index (Phi) is 3.41. The Labute approximate surface area is 139 Å². The highest BCUT2D eigenvalue weighted by atomic mass is 32.1. The molecule has 0 unspecified atom stereocenters. The maximum absolute atomic E-state index is 9.90. The molecule has 0 fully saturated rings. The van der Waals surface area contributed by atoms with Crippen LogP contribution < -0.4 is 5.46 Å². The highest BCUT2D eigenvalue weighted by Crippen LogP contribution is 2.39. The third-order valence-corrected chi connectivity index (χ3v) is 5.69. The van der Waals surface area contributed by atoms with E-state index in [0.717, 1.165) is 15.5 Å². The second-order valence-corrected chi connectivity index (χ2v) is 7.29. The maximum atomic E-state index is 9.90. The van der Waals surface area contributed by atoms with Crippen LogP contribution in [-0.2, 0) is 0 Å². The Morgan fingerprint density at radius 3 is 2.39 bits per heavy atom. The van der Waals surface area contributed by atoms with Crippen molar-refractivity contribution in [3.8, 4) is 0 Å². The van der Waals surface area contributed by atoms with Crippen LogP contribution in [0.3, 0.4) is 0 Å². The minimum absolute atomic E-state index is 0.379. The van der Waals surface area contributed by atoms with Crippen molar-refractivity contribution in [1.82, 2.24) is 0 Å². The van der Waals surface area contributed by atoms with Crippen LogP contribution in [0.2, 0.25) is 0 Å². The van der Waals surface area contributed by atoms with Crippen LogP contribution in [0, 0.1) is 0 Å². The lowest BCUT2D eigenvalue weighted by atomic mass is 9.77. The van der Waals surface area contributed by atoms with Gasteiger partial charge in [-0.1, -0.05) is 56.3 Å². The zero-order valence-corrected chi connectivity index (χ0v) is 13.9. The minimum Gasteiger partial charge on any atom is -0.423 e. The normalized spacial score (nSPS) is 11.9. The molecule has 1 heterocycles. The Morgan fingerprint density at radius 1 is 0.913 bits per heavy atom. The molecule has 3 aromatic carbocycles. The maximum Gasteiger partial charge on any atom is 0.489 e. The average molecular weight is 320 g/mol. The largest absolute Gasteiger partial charge is 0.489 e. The third-order valence-electron chi connectivity index (χ3n) is 4.47. The molecular formula is C19H17BO2S. The zero-order chi connectivity index (χ0) is 16.1. The average Bonchev–Trinajstić information content (AvgIpc) is 2.92. The van der Waals surface area contributed by atoms with Gasteiger partial charge in [0.2, 0.25) is 0 Å². The van der Waals surface area contributed by atoms with Crippen LogP contribution in [0.15, 0.2) is 48.5 Å². The molecule has 0 aliphatic heterocycles. The molecule has 0 saturated carbocycles. The van der Waals surface area contributed by atoms with Gasteiger partial charge in [0.25, 0.3) is 0 Å². The van der Waals surface area contributed by atoms with Gasteiger partial charge < -0.3 is 10.0 Å². The monoisotopic (exact) mass is 320 g/mol. The van der Waals surface area contributed by atoms with Crippen LogP contribution >= 0.6 is 11.3 Å². The second kappa shape index (κ2) is 5.34. The SMILES string of the molecule is CC(C)c1cccc2c1cc(B(O)O)c1sc3ccccc3c12. The fourth-order valence-electron chi connectivity index (χ4n) is 3.39. The van der Waals surface area contributed by atoms with Gasteiger partial charge >= 0.3 is 7.12 Å². The van der Waals surface area contributed by atoms with Gasteiger partial charge in [0.05, 0.1) is 0 Å². The highest BCUT2D eigenvalue weighted by Gasteiger charge is 2.21. The predicted octanol–water partition coefficient (Wildman–Crippen LogP) is 4.01. The number of hydrogen-bond acceptors (Lipinski definition) is 3. The van der Waals surface area contributed by atoms with E-state index in [9.17, 15) is 10.0 Å². The molecule has 0 aliphatic carbocycles. The molecule has 4 rings (SSSR count). The number of thiophene rings is 1. The molecule has 4 heteroatoms. The number of rotatable bonds is 2. The van der Waals surface area contributed by atoms with Gasteiger partial charge in [-0.3, -0.25) is 0 Å². The van der Waals surface area contributed by atoms with E-state index in [2.05, 4.69) is 44.2 Å². The van der Waals surface area contributed by atoms with Crippen LogP contribution in [0.25, 0.3) is 30.9 Å². The van der Waals surface area contributed by atoms with Gasteiger partial charge in [-0.25, -0.2) is 0 Å². The molecule has 2 N–H and O–H groups in total. The van der Waals surface area contributed by atoms with Crippen molar-refractivity contribution < 1.29 is 10.0 Å². The molecule has 2 nitrogen and oxygen atoms in total. The minimum atomic E-state index is -1.46. The first-order valence-corrected chi connectivity index (χ1v) is 8.62. The molecule has 114 valence electrons. The lowest BCUT2D eigenvalue weighted by Gasteiger charge is -2.13. The zero-order valence-electron chi connectivity index (χ0n) is 13.1. The molecule has 0 atom stereocenters. The molecule has 4 aromatic rings. The van der Waals surface area contributed by atoms with Gasteiger partial charge in [0.15, 0.2) is 0 Å². The molecular weight excluding hydrogens is 303 g/mol. The quantitative estimate of drug-likeness (QED) is 0.548. The molecule has 0 saturated heterocycles. The van der Waals surface area contributed by atoms with Crippen molar-refractivity contribution in [3.05, 3.63) is 54.1 Å². The summed E-state index contributed by atoms with van der Waals surface area (Å²) in [6, 6.07) is 16.6. The van der Waals surface area contributed by atoms with Crippen molar-refractivity contribution >= 4 is 54.9 Å². The van der Waals surface area contributed by atoms with Crippen molar-refractivity contribution in [2.45, 2.75) is 19.8 Å². The van der Waals surface area contributed by atoms with Crippen molar-refractivity contribution in [2.24, 2.45) is 0 Å². The van der Waals surface area contributed by atoms with Crippen molar-refractivity contribution in [2.75, 3.05) is 0 Å². The van der Waals surface area contributed by atoms with E-state index in [-0.39, 0.29) is 0 Å². The highest BCUT2D eigenvalue weighted by molar-refractivity contribution is 7.27. The summed E-state index contributed by atoms with van der Waals surface area (Å²) in [5.41, 5.74) is 1.84. The van der Waals surface area contributed by atoms with Crippen LogP contribution in [-0.4, -0.2) is 17.2 Å². The first-order valence-electron chi connectivity index (χ1n) is 7.81. The molecule has 1 aromatic heterocycles. The van der Waals surface area contributed by atoms with Crippen LogP contribution in [0.1, 0.15) is 25.3 Å². The van der Waals surface area contributed by atoms with E-state index in [0.29, 0.717) is 11.4 Å². The predicted molar refractivity (Wildman–Crippen MR) is 101 cm³/mol. The molecule has 23 heavy (non-hydrogen) atoms. The van der Waals surface area contributed by atoms with E-state index >= 15 is 0 Å². The lowest BCUT2D eigenvalue weighted by molar-refractivity contribution is 0.426. The first kappa shape index (κ1) is 14.7. The number of hydrogen-bond donors (Lipinski definition) is 2. The Balaban J connectivity index is 2.30. The van der Waals surface area contributed by atoms with E-state index in [1.807, 2.05) is 18.2 Å². The summed E-state index contributed by atoms with van der Waals surface area (Å²) in [6.07, 6.45) is 0. The van der Waals surface area contributed by atoms with Crippen LogP contribution in [0.4, 0.5) is 0 Å². The van der Waals surface area contributed by atoms with E-state index in [4.69, 9.17) is 0 Å². The third kappa shape index (κ3) is 2.18. The topological polar surface area (TPSA) is 40.5 Å². The van der Waals surface area contributed by atoms with E-state index in [1.54, 1.807) is 11.3 Å². The molecule has 0 spiro atoms. The van der Waals surface area contributed by atoms with Gasteiger partial charge in [-0.2, -0.15) is 0 Å². The van der Waals surface area contributed by atoms with Gasteiger partial charge in [0, 0.05) is 25.6 Å². The molecule has 0 bridgehead atoms. The summed E-state index contributed by atoms with van der Waals surface area (Å²) in [6.45, 7) is 4.33. The lowest BCUT2D eigenvalue weighted by Crippen LogP contribution is -2.30. The van der Waals surface area contributed by atoms with E-state index in [1.165, 1.54) is 21.0 Å². The fraction of sp³-hybridized carbons (Fsp3) is 0.158. The molecule has 0 aliphatic rings. The number of benzene rings is 3. The molecule has 0 amide bonds. The summed E-state index contributed by atoms with van der Waals surface area (Å²) in [4.78, 5) is 0. The summed E-state index contributed by atoms with van der Waals surface area (Å²) >= 11 is 1.63. The van der Waals surface area contributed by atoms with E-state index < -0.39 is 7.12 Å². The standard InChI is InChI=1S/C19H17BO2S/c1-11(2)12-7-5-8-13-15(12)10-16(20(21)22)19-18(13)14-6-3-4-9-17(14)23-19/h3-11,21-22H,1-2H3. The molecule has 0 radical (unpaired) electrons. The summed E-state index contributed by atoms with van der Waals surface area (Å²) in [5.74, 6) is 0.379. The van der Waals surface area contributed by atoms with Gasteiger partial charge in [-0.05, 0) is 28.3 Å².